The first kappa shape index (κ1) is 24.1. The van der Waals surface area contributed by atoms with E-state index in [0.29, 0.717) is 35.5 Å². The van der Waals surface area contributed by atoms with E-state index < -0.39 is 23.7 Å². The van der Waals surface area contributed by atoms with Crippen molar-refractivity contribution in [2.75, 3.05) is 19.7 Å². The molecule has 1 fully saturated rings. The van der Waals surface area contributed by atoms with Crippen molar-refractivity contribution in [3.63, 3.8) is 0 Å². The van der Waals surface area contributed by atoms with E-state index in [1.807, 2.05) is 32.9 Å². The Balaban J connectivity index is 1.51. The van der Waals surface area contributed by atoms with Gasteiger partial charge in [-0.05, 0) is 56.2 Å². The zero-order valence-corrected chi connectivity index (χ0v) is 19.9. The van der Waals surface area contributed by atoms with Gasteiger partial charge in [0, 0.05) is 30.5 Å². The van der Waals surface area contributed by atoms with Crippen LogP contribution in [0.25, 0.3) is 0 Å². The number of carboxylic acid groups (broad SMARTS) is 1. The first-order valence-electron chi connectivity index (χ1n) is 11.3. The second kappa shape index (κ2) is 9.29. The number of rotatable bonds is 4. The summed E-state index contributed by atoms with van der Waals surface area (Å²) in [5.41, 5.74) is 1.88. The van der Waals surface area contributed by atoms with Gasteiger partial charge >= 0.3 is 12.2 Å². The van der Waals surface area contributed by atoms with Crippen LogP contribution in [-0.2, 0) is 11.3 Å². The Morgan fingerprint density at radius 3 is 2.49 bits per heavy atom. The lowest BCUT2D eigenvalue weighted by Crippen LogP contribution is -2.35. The summed E-state index contributed by atoms with van der Waals surface area (Å²) >= 11 is 0. The molecule has 0 radical (unpaired) electrons. The molecule has 0 bridgehead atoms. The van der Waals surface area contributed by atoms with Crippen LogP contribution in [0.2, 0.25) is 0 Å². The summed E-state index contributed by atoms with van der Waals surface area (Å²) in [6, 6.07) is 14.4. The first-order valence-corrected chi connectivity index (χ1v) is 11.3. The molecule has 3 amide bonds. The van der Waals surface area contributed by atoms with Crippen LogP contribution in [0.5, 0.6) is 5.75 Å². The van der Waals surface area contributed by atoms with E-state index in [1.54, 1.807) is 35.2 Å². The van der Waals surface area contributed by atoms with Gasteiger partial charge in [-0.25, -0.2) is 14.5 Å². The zero-order chi connectivity index (χ0) is 25.3. The lowest BCUT2D eigenvalue weighted by atomic mass is 9.89. The number of likely N-dealkylation sites (tertiary alicyclic amines) is 1. The molecule has 9 heteroatoms. The van der Waals surface area contributed by atoms with E-state index in [1.165, 1.54) is 0 Å². The Morgan fingerprint density at radius 2 is 1.86 bits per heavy atom. The van der Waals surface area contributed by atoms with Gasteiger partial charge in [0.1, 0.15) is 11.4 Å². The highest BCUT2D eigenvalue weighted by atomic mass is 16.6. The van der Waals surface area contributed by atoms with Gasteiger partial charge in [0.25, 0.3) is 5.91 Å². The van der Waals surface area contributed by atoms with E-state index in [2.05, 4.69) is 6.07 Å². The van der Waals surface area contributed by atoms with Crippen molar-refractivity contribution < 1.29 is 29.0 Å². The molecule has 182 valence electrons. The predicted octanol–water partition coefficient (Wildman–Crippen LogP) is 4.22. The van der Waals surface area contributed by atoms with Crippen molar-refractivity contribution >= 4 is 18.1 Å². The predicted molar refractivity (Wildman–Crippen MR) is 125 cm³/mol. The molecule has 1 saturated heterocycles. The Hall–Kier alpha value is -4.06. The summed E-state index contributed by atoms with van der Waals surface area (Å²) in [4.78, 5) is 38.8. The molecule has 1 N–H and O–H groups in total. The van der Waals surface area contributed by atoms with Crippen molar-refractivity contribution in [3.05, 3.63) is 64.7 Å². The highest BCUT2D eigenvalue weighted by Crippen LogP contribution is 2.35. The Bertz CT molecular complexity index is 1200. The summed E-state index contributed by atoms with van der Waals surface area (Å²) in [7, 11) is 0. The molecule has 4 rings (SSSR count). The normalized spacial score (nSPS) is 19.3. The van der Waals surface area contributed by atoms with Crippen molar-refractivity contribution in [3.8, 4) is 11.8 Å². The summed E-state index contributed by atoms with van der Waals surface area (Å²) in [5.74, 6) is -0.201. The molecule has 2 aromatic carbocycles. The second-order valence-electron chi connectivity index (χ2n) is 9.79. The molecular weight excluding hydrogens is 450 g/mol. The fraction of sp³-hybridized carbons (Fsp3) is 0.385. The highest BCUT2D eigenvalue weighted by Gasteiger charge is 2.39. The molecule has 2 heterocycles. The molecule has 2 aromatic rings. The van der Waals surface area contributed by atoms with Gasteiger partial charge in [-0.1, -0.05) is 18.2 Å². The summed E-state index contributed by atoms with van der Waals surface area (Å²) in [5, 5.41) is 18.3. The maximum atomic E-state index is 12.7. The molecule has 35 heavy (non-hydrogen) atoms. The molecule has 0 aliphatic carbocycles. The van der Waals surface area contributed by atoms with Gasteiger partial charge in [-0.15, -0.1) is 0 Å². The SMILES string of the molecule is CC(C)(C)OC(=O)N1CC(COc2ccc3c(c2)C(=O)N(C(=O)O)C3)C(c2ccc(C#N)cc2)C1. The fourth-order valence-corrected chi connectivity index (χ4v) is 4.43. The maximum absolute atomic E-state index is 12.7. The number of fused-ring (bicyclic) bond motifs is 1. The van der Waals surface area contributed by atoms with Gasteiger partial charge < -0.3 is 19.5 Å². The molecule has 2 aliphatic heterocycles. The van der Waals surface area contributed by atoms with Crippen LogP contribution in [0.3, 0.4) is 0 Å². The zero-order valence-electron chi connectivity index (χ0n) is 19.9. The number of imide groups is 1. The van der Waals surface area contributed by atoms with Crippen LogP contribution < -0.4 is 4.74 Å². The summed E-state index contributed by atoms with van der Waals surface area (Å²) < 4.78 is 11.6. The van der Waals surface area contributed by atoms with E-state index in [-0.39, 0.29) is 25.0 Å². The third-order valence-corrected chi connectivity index (χ3v) is 6.14. The van der Waals surface area contributed by atoms with Crippen LogP contribution in [0.1, 0.15) is 53.7 Å². The lowest BCUT2D eigenvalue weighted by molar-refractivity contribution is 0.0283. The smallest absolute Gasteiger partial charge is 0.414 e. The third-order valence-electron chi connectivity index (χ3n) is 6.14. The van der Waals surface area contributed by atoms with Gasteiger partial charge in [0.2, 0.25) is 0 Å². The van der Waals surface area contributed by atoms with Crippen LogP contribution in [-0.4, -0.2) is 58.3 Å². The maximum Gasteiger partial charge on any atom is 0.414 e. The minimum atomic E-state index is -1.29. The fourth-order valence-electron chi connectivity index (χ4n) is 4.43. The molecular formula is C26H27N3O6. The van der Waals surface area contributed by atoms with Crippen LogP contribution in [0, 0.1) is 17.2 Å². The van der Waals surface area contributed by atoms with Crippen molar-refractivity contribution in [2.24, 2.45) is 5.92 Å². The third kappa shape index (κ3) is 5.22. The summed E-state index contributed by atoms with van der Waals surface area (Å²) in [6.07, 6.45) is -1.68. The molecule has 9 nitrogen and oxygen atoms in total. The van der Waals surface area contributed by atoms with Crippen LogP contribution in [0.4, 0.5) is 9.59 Å². The molecule has 0 saturated carbocycles. The van der Waals surface area contributed by atoms with Gasteiger partial charge in [-0.3, -0.25) is 4.79 Å². The van der Waals surface area contributed by atoms with E-state index in [9.17, 15) is 19.5 Å². The monoisotopic (exact) mass is 477 g/mol. The largest absolute Gasteiger partial charge is 0.493 e. The molecule has 2 atom stereocenters. The van der Waals surface area contributed by atoms with Crippen LogP contribution in [0.15, 0.2) is 42.5 Å². The lowest BCUT2D eigenvalue weighted by Gasteiger charge is -2.24. The number of nitrogens with zero attached hydrogens (tertiary/aromatic N) is 3. The van der Waals surface area contributed by atoms with Gasteiger partial charge in [-0.2, -0.15) is 5.26 Å². The number of nitriles is 1. The number of carbonyl (C=O) groups excluding carboxylic acids is 2. The van der Waals surface area contributed by atoms with E-state index in [0.717, 1.165) is 10.5 Å². The van der Waals surface area contributed by atoms with E-state index >= 15 is 0 Å². The number of amides is 3. The van der Waals surface area contributed by atoms with E-state index in [4.69, 9.17) is 14.7 Å². The number of hydrogen-bond donors (Lipinski definition) is 1. The van der Waals surface area contributed by atoms with Gasteiger partial charge in [0.15, 0.2) is 0 Å². The number of carbonyl (C=O) groups is 3. The standard InChI is InChI=1S/C26H27N3O6/c1-26(2,3)35-25(33)28-12-19(22(14-28)17-6-4-16(11-27)5-7-17)15-34-20-9-8-18-13-29(24(31)32)23(30)21(18)10-20/h4-10,19,22H,12-15H2,1-3H3,(H,31,32). The molecule has 0 aromatic heterocycles. The van der Waals surface area contributed by atoms with Gasteiger partial charge in [0.05, 0.1) is 24.8 Å². The minimum Gasteiger partial charge on any atom is -0.493 e. The first-order chi connectivity index (χ1) is 16.6. The van der Waals surface area contributed by atoms with Crippen molar-refractivity contribution in [1.29, 1.82) is 5.26 Å². The minimum absolute atomic E-state index is 0.0258. The summed E-state index contributed by atoms with van der Waals surface area (Å²) in [6.45, 7) is 6.64. The quantitative estimate of drug-likeness (QED) is 0.700. The average Bonchev–Trinajstić information content (AvgIpc) is 3.38. The van der Waals surface area contributed by atoms with Crippen LogP contribution >= 0.6 is 0 Å². The van der Waals surface area contributed by atoms with Crippen molar-refractivity contribution in [2.45, 2.75) is 38.8 Å². The number of ether oxygens (including phenoxy) is 2. The molecule has 2 aliphatic rings. The topological polar surface area (TPSA) is 120 Å². The Labute approximate surface area is 203 Å². The number of hydrogen-bond acceptors (Lipinski definition) is 6. The Morgan fingerprint density at radius 1 is 1.14 bits per heavy atom. The second-order valence-corrected chi connectivity index (χ2v) is 9.79. The molecule has 2 unspecified atom stereocenters. The van der Waals surface area contributed by atoms with Crippen molar-refractivity contribution in [1.82, 2.24) is 9.80 Å². The highest BCUT2D eigenvalue weighted by molar-refractivity contribution is 6.06. The number of benzene rings is 2. The molecule has 0 spiro atoms. The Kier molecular flexibility index (Phi) is 6.39. The average molecular weight is 478 g/mol.